The van der Waals surface area contributed by atoms with E-state index in [1.54, 1.807) is 0 Å². The molecule has 0 fully saturated rings. The zero-order chi connectivity index (χ0) is 50.0. The van der Waals surface area contributed by atoms with Gasteiger partial charge in [0, 0.05) is 0 Å². The summed E-state index contributed by atoms with van der Waals surface area (Å²) in [5.74, 6) is 0. The number of hydrogen-bond donors (Lipinski definition) is 0. The van der Waals surface area contributed by atoms with Crippen molar-refractivity contribution in [2.75, 3.05) is 0 Å². The van der Waals surface area contributed by atoms with Crippen LogP contribution in [0.15, 0.2) is 158 Å². The molecule has 0 spiro atoms. The van der Waals surface area contributed by atoms with Gasteiger partial charge >= 0.3 is 0 Å². The molecule has 12 aromatic rings. The molecular weight excluding hydrogens is 865 g/mol. The highest BCUT2D eigenvalue weighted by molar-refractivity contribution is 6.26. The first kappa shape index (κ1) is 45.3. The molecule has 0 unspecified atom stereocenters. The minimum Gasteiger partial charge on any atom is -0.0616 e. The first-order valence-electron chi connectivity index (χ1n) is 25.8. The fraction of sp³-hybridized carbons (Fsp3) is 0.167. The number of rotatable bonds is 5. The Bertz CT molecular complexity index is 3950. The molecule has 12 rings (SSSR count). The van der Waals surface area contributed by atoms with Gasteiger partial charge in [-0.05, 0) is 284 Å². The highest BCUT2D eigenvalue weighted by atomic mass is 14.3. The lowest BCUT2D eigenvalue weighted by atomic mass is 9.82. The van der Waals surface area contributed by atoms with Gasteiger partial charge in [0.2, 0.25) is 0 Å². The second-order valence-corrected chi connectivity index (χ2v) is 21.6. The van der Waals surface area contributed by atoms with Crippen LogP contribution in [-0.4, -0.2) is 0 Å². The lowest BCUT2D eigenvalue weighted by molar-refractivity contribution is 1.32. The Morgan fingerprint density at radius 1 is 0.181 bits per heavy atom. The van der Waals surface area contributed by atoms with E-state index in [0.717, 1.165) is 0 Å². The van der Waals surface area contributed by atoms with Crippen LogP contribution in [0.2, 0.25) is 0 Å². The van der Waals surface area contributed by atoms with Gasteiger partial charge in [0.05, 0.1) is 0 Å². The normalized spacial score (nSPS) is 11.9. The molecular formula is C72H62. The SMILES string of the molecule is Cc1cc(C)c(-c2cc3c4ccc(-c5ccc6c(c5)c(-c5c(C)cc(C)cc5C)cc5c7ccccc7c(-c7c(C)cc(C)cc7C)cc65)cc4c(-c4c(C)cc(C)cc4C)cc3c3ccccc23)c(C)c1. The van der Waals surface area contributed by atoms with E-state index in [1.807, 2.05) is 0 Å². The maximum Gasteiger partial charge on any atom is -0.00923 e. The van der Waals surface area contributed by atoms with Gasteiger partial charge in [0.1, 0.15) is 0 Å². The van der Waals surface area contributed by atoms with Crippen LogP contribution < -0.4 is 0 Å². The smallest absolute Gasteiger partial charge is 0.00923 e. The van der Waals surface area contributed by atoms with Crippen LogP contribution in [0.3, 0.4) is 0 Å². The Kier molecular flexibility index (Phi) is 10.7. The average Bonchev–Trinajstić information content (AvgIpc) is 3.33. The fourth-order valence-corrected chi connectivity index (χ4v) is 13.6. The summed E-state index contributed by atoms with van der Waals surface area (Å²) in [5, 5.41) is 15.4. The van der Waals surface area contributed by atoms with E-state index in [1.165, 1.54) is 187 Å². The van der Waals surface area contributed by atoms with Crippen molar-refractivity contribution < 1.29 is 0 Å². The van der Waals surface area contributed by atoms with E-state index in [4.69, 9.17) is 0 Å². The Morgan fingerprint density at radius 3 is 0.667 bits per heavy atom. The molecule has 0 nitrogen and oxygen atoms in total. The molecule has 0 radical (unpaired) electrons. The van der Waals surface area contributed by atoms with Crippen LogP contribution in [0.5, 0.6) is 0 Å². The maximum atomic E-state index is 2.51. The Labute approximate surface area is 425 Å². The van der Waals surface area contributed by atoms with Crippen LogP contribution >= 0.6 is 0 Å². The van der Waals surface area contributed by atoms with Gasteiger partial charge in [0.25, 0.3) is 0 Å². The van der Waals surface area contributed by atoms with Crippen LogP contribution in [-0.2, 0) is 0 Å². The molecule has 0 N–H and O–H groups in total. The van der Waals surface area contributed by atoms with Gasteiger partial charge < -0.3 is 0 Å². The molecule has 0 heteroatoms. The fourth-order valence-electron chi connectivity index (χ4n) is 13.6. The van der Waals surface area contributed by atoms with Crippen molar-refractivity contribution in [3.63, 3.8) is 0 Å². The van der Waals surface area contributed by atoms with Crippen molar-refractivity contribution in [1.82, 2.24) is 0 Å². The zero-order valence-corrected chi connectivity index (χ0v) is 44.0. The summed E-state index contributed by atoms with van der Waals surface area (Å²) < 4.78 is 0. The minimum atomic E-state index is 1.21. The lowest BCUT2D eigenvalue weighted by Crippen LogP contribution is -1.96. The minimum absolute atomic E-state index is 1.21. The second kappa shape index (κ2) is 16.9. The van der Waals surface area contributed by atoms with Gasteiger partial charge in [0.15, 0.2) is 0 Å². The predicted octanol–water partition coefficient (Wildman–Crippen LogP) is 20.6. The highest BCUT2D eigenvalue weighted by Crippen LogP contribution is 2.48. The number of fused-ring (bicyclic) bond motifs is 10. The third-order valence-corrected chi connectivity index (χ3v) is 16.1. The van der Waals surface area contributed by atoms with Gasteiger partial charge in [-0.3, -0.25) is 0 Å². The second-order valence-electron chi connectivity index (χ2n) is 21.6. The quantitative estimate of drug-likeness (QED) is 0.151. The van der Waals surface area contributed by atoms with Crippen LogP contribution in [0, 0.1) is 83.1 Å². The number of aryl methyl sites for hydroxylation is 12. The molecule has 0 saturated carbocycles. The molecule has 0 aliphatic carbocycles. The van der Waals surface area contributed by atoms with E-state index in [9.17, 15) is 0 Å². The summed E-state index contributed by atoms with van der Waals surface area (Å²) in [7, 11) is 0. The third-order valence-electron chi connectivity index (χ3n) is 16.1. The van der Waals surface area contributed by atoms with Gasteiger partial charge in [-0.15, -0.1) is 0 Å². The van der Waals surface area contributed by atoms with Crippen molar-refractivity contribution in [2.24, 2.45) is 0 Å². The van der Waals surface area contributed by atoms with Crippen LogP contribution in [0.1, 0.15) is 66.8 Å². The largest absolute Gasteiger partial charge is 0.0616 e. The summed E-state index contributed by atoms with van der Waals surface area (Å²) in [6, 6.07) is 61.5. The lowest BCUT2D eigenvalue weighted by Gasteiger charge is -2.21. The third kappa shape index (κ3) is 7.17. The molecule has 0 aliphatic heterocycles. The number of benzene rings is 12. The monoisotopic (exact) mass is 926 g/mol. The van der Waals surface area contributed by atoms with Crippen molar-refractivity contribution in [2.45, 2.75) is 83.1 Å². The van der Waals surface area contributed by atoms with Crippen molar-refractivity contribution >= 4 is 64.6 Å². The van der Waals surface area contributed by atoms with Gasteiger partial charge in [-0.1, -0.05) is 144 Å². The van der Waals surface area contributed by atoms with Crippen molar-refractivity contribution in [1.29, 1.82) is 0 Å². The number of hydrogen-bond acceptors (Lipinski definition) is 0. The standard InChI is InChI=1S/C72H62/c1-39-25-43(5)69(44(6)26-39)65-35-63-57-23-21-51(33-59(57)67(71-47(9)29-41(3)30-48(71)10)37-61(63)53-17-13-15-19-55(53)65)52-22-24-58-60(34-52)68(72-49(11)31-42(4)32-50(72)12)38-62-54-18-14-16-20-56(54)66(36-64(58)62)70-45(7)27-40(2)28-46(70)8/h13-38H,1-12H3. The summed E-state index contributed by atoms with van der Waals surface area (Å²) in [6.07, 6.45) is 0. The molecule has 0 atom stereocenters. The van der Waals surface area contributed by atoms with Crippen molar-refractivity contribution in [3.8, 4) is 55.6 Å². The Morgan fingerprint density at radius 2 is 0.403 bits per heavy atom. The summed E-state index contributed by atoms with van der Waals surface area (Å²) in [6.45, 7) is 27.1. The zero-order valence-electron chi connectivity index (χ0n) is 44.0. The van der Waals surface area contributed by atoms with E-state index in [2.05, 4.69) is 241 Å². The molecule has 12 aromatic carbocycles. The first-order valence-corrected chi connectivity index (χ1v) is 25.8. The topological polar surface area (TPSA) is 0 Å². The van der Waals surface area contributed by atoms with E-state index >= 15 is 0 Å². The van der Waals surface area contributed by atoms with Crippen molar-refractivity contribution in [3.05, 3.63) is 224 Å². The van der Waals surface area contributed by atoms with E-state index in [-0.39, 0.29) is 0 Å². The molecule has 0 saturated heterocycles. The first-order chi connectivity index (χ1) is 34.6. The summed E-state index contributed by atoms with van der Waals surface area (Å²) >= 11 is 0. The molecule has 0 amide bonds. The molecule has 0 aromatic heterocycles. The Hall–Kier alpha value is -7.80. The Balaban J connectivity index is 1.17. The molecule has 0 heterocycles. The van der Waals surface area contributed by atoms with E-state index < -0.39 is 0 Å². The van der Waals surface area contributed by atoms with Crippen LogP contribution in [0.4, 0.5) is 0 Å². The molecule has 72 heavy (non-hydrogen) atoms. The highest BCUT2D eigenvalue weighted by Gasteiger charge is 2.22. The average molecular weight is 927 g/mol. The molecule has 350 valence electrons. The van der Waals surface area contributed by atoms with E-state index in [0.29, 0.717) is 0 Å². The maximum absolute atomic E-state index is 2.51. The summed E-state index contributed by atoms with van der Waals surface area (Å²) in [4.78, 5) is 0. The predicted molar refractivity (Wildman–Crippen MR) is 316 cm³/mol. The molecule has 0 bridgehead atoms. The van der Waals surface area contributed by atoms with Gasteiger partial charge in [-0.2, -0.15) is 0 Å². The summed E-state index contributed by atoms with van der Waals surface area (Å²) in [5.41, 5.74) is 28.6. The molecule has 0 aliphatic rings. The van der Waals surface area contributed by atoms with Gasteiger partial charge in [-0.25, -0.2) is 0 Å². The van der Waals surface area contributed by atoms with Crippen LogP contribution in [0.25, 0.3) is 120 Å².